The summed E-state index contributed by atoms with van der Waals surface area (Å²) in [5, 5.41) is 13.2. The van der Waals surface area contributed by atoms with Crippen LogP contribution in [0.1, 0.15) is 11.1 Å². The van der Waals surface area contributed by atoms with Crippen LogP contribution in [0.4, 0.5) is 0 Å². The van der Waals surface area contributed by atoms with Gasteiger partial charge in [-0.05, 0) is 47.5 Å². The van der Waals surface area contributed by atoms with Crippen LogP contribution in [0.2, 0.25) is 0 Å². The van der Waals surface area contributed by atoms with Gasteiger partial charge in [0, 0.05) is 0 Å². The molecule has 6 nitrogen and oxygen atoms in total. The van der Waals surface area contributed by atoms with Gasteiger partial charge in [0.25, 0.3) is 5.91 Å². The largest absolute Gasteiger partial charge is 0.508 e. The molecule has 1 amide bonds. The second-order valence-electron chi connectivity index (χ2n) is 5.92. The molecule has 3 rings (SSSR count). The van der Waals surface area contributed by atoms with E-state index >= 15 is 0 Å². The molecule has 142 valence electrons. The zero-order valence-electron chi connectivity index (χ0n) is 15.1. The van der Waals surface area contributed by atoms with Crippen LogP contribution in [0, 0.1) is 0 Å². The molecule has 0 atom stereocenters. The van der Waals surface area contributed by atoms with Crippen molar-refractivity contribution >= 4 is 12.1 Å². The Morgan fingerprint density at radius 3 is 2.36 bits per heavy atom. The summed E-state index contributed by atoms with van der Waals surface area (Å²) >= 11 is 0. The minimum atomic E-state index is -0.388. The number of nitrogens with zero attached hydrogens (tertiary/aromatic N) is 1. The molecule has 0 aliphatic rings. The minimum absolute atomic E-state index is 0.134. The van der Waals surface area contributed by atoms with Crippen LogP contribution in [0.25, 0.3) is 0 Å². The van der Waals surface area contributed by atoms with Crippen LogP contribution in [0.5, 0.6) is 17.2 Å². The number of carbonyl (C=O) groups is 1. The molecule has 28 heavy (non-hydrogen) atoms. The highest BCUT2D eigenvalue weighted by atomic mass is 16.5. The third kappa shape index (κ3) is 6.17. The molecule has 0 radical (unpaired) electrons. The maximum absolute atomic E-state index is 11.8. The lowest BCUT2D eigenvalue weighted by atomic mass is 10.2. The van der Waals surface area contributed by atoms with Gasteiger partial charge >= 0.3 is 0 Å². The number of hydrogen-bond acceptors (Lipinski definition) is 5. The molecule has 3 aromatic rings. The lowest BCUT2D eigenvalue weighted by molar-refractivity contribution is -0.123. The van der Waals surface area contributed by atoms with E-state index in [4.69, 9.17) is 9.47 Å². The number of hydrogen-bond donors (Lipinski definition) is 2. The van der Waals surface area contributed by atoms with Crippen LogP contribution in [-0.4, -0.2) is 23.8 Å². The molecule has 0 fully saturated rings. The Kier molecular flexibility index (Phi) is 6.62. The molecule has 0 unspecified atom stereocenters. The molecule has 3 aromatic carbocycles. The molecule has 0 aliphatic carbocycles. The summed E-state index contributed by atoms with van der Waals surface area (Å²) in [5.74, 6) is 1.02. The van der Waals surface area contributed by atoms with Gasteiger partial charge in [0.15, 0.2) is 6.61 Å². The Morgan fingerprint density at radius 1 is 0.929 bits per heavy atom. The van der Waals surface area contributed by atoms with Crippen molar-refractivity contribution in [3.8, 4) is 17.2 Å². The van der Waals surface area contributed by atoms with Gasteiger partial charge in [-0.15, -0.1) is 0 Å². The summed E-state index contributed by atoms with van der Waals surface area (Å²) < 4.78 is 11.1. The van der Waals surface area contributed by atoms with E-state index in [-0.39, 0.29) is 18.3 Å². The normalized spacial score (nSPS) is 10.6. The predicted molar refractivity (Wildman–Crippen MR) is 107 cm³/mol. The molecule has 0 aliphatic heterocycles. The van der Waals surface area contributed by atoms with Gasteiger partial charge in [-0.1, -0.05) is 42.5 Å². The Morgan fingerprint density at radius 2 is 1.64 bits per heavy atom. The SMILES string of the molecule is O=C(COc1ccc(OCc2ccccc2)cc1)N/N=C/c1cccc(O)c1. The number of phenols is 1. The number of amides is 1. The van der Waals surface area contributed by atoms with Crippen molar-refractivity contribution in [1.29, 1.82) is 0 Å². The maximum atomic E-state index is 11.8. The van der Waals surface area contributed by atoms with Crippen LogP contribution < -0.4 is 14.9 Å². The number of phenolic OH excluding ortho intramolecular Hbond substituents is 1. The van der Waals surface area contributed by atoms with Crippen molar-refractivity contribution in [1.82, 2.24) is 5.43 Å². The lowest BCUT2D eigenvalue weighted by Crippen LogP contribution is -2.24. The van der Waals surface area contributed by atoms with E-state index in [0.717, 1.165) is 11.3 Å². The zero-order chi connectivity index (χ0) is 19.6. The van der Waals surface area contributed by atoms with Crippen molar-refractivity contribution in [2.75, 3.05) is 6.61 Å². The fourth-order valence-corrected chi connectivity index (χ4v) is 2.34. The summed E-state index contributed by atoms with van der Waals surface area (Å²) in [7, 11) is 0. The summed E-state index contributed by atoms with van der Waals surface area (Å²) in [5.41, 5.74) is 4.13. The maximum Gasteiger partial charge on any atom is 0.277 e. The monoisotopic (exact) mass is 376 g/mol. The molecule has 0 aromatic heterocycles. The Hall–Kier alpha value is -3.80. The quantitative estimate of drug-likeness (QED) is 0.466. The number of carbonyl (C=O) groups excluding carboxylic acids is 1. The summed E-state index contributed by atoms with van der Waals surface area (Å²) in [6, 6.07) is 23.5. The molecule has 0 saturated heterocycles. The minimum Gasteiger partial charge on any atom is -0.508 e. The lowest BCUT2D eigenvalue weighted by Gasteiger charge is -2.08. The number of benzene rings is 3. The van der Waals surface area contributed by atoms with Gasteiger partial charge in [0.1, 0.15) is 23.9 Å². The van der Waals surface area contributed by atoms with Crippen LogP contribution >= 0.6 is 0 Å². The van der Waals surface area contributed by atoms with Gasteiger partial charge < -0.3 is 14.6 Å². The highest BCUT2D eigenvalue weighted by molar-refractivity contribution is 5.83. The number of nitrogens with one attached hydrogen (secondary N) is 1. The fourth-order valence-electron chi connectivity index (χ4n) is 2.34. The van der Waals surface area contributed by atoms with Gasteiger partial charge in [0.2, 0.25) is 0 Å². The van der Waals surface area contributed by atoms with Crippen molar-refractivity contribution in [2.45, 2.75) is 6.61 Å². The van der Waals surface area contributed by atoms with Gasteiger partial charge in [0.05, 0.1) is 6.21 Å². The van der Waals surface area contributed by atoms with Gasteiger partial charge in [-0.25, -0.2) is 5.43 Å². The van der Waals surface area contributed by atoms with E-state index < -0.39 is 0 Å². The first kappa shape index (κ1) is 19.0. The molecular weight excluding hydrogens is 356 g/mol. The van der Waals surface area contributed by atoms with Crippen molar-refractivity contribution in [3.05, 3.63) is 90.0 Å². The number of hydrazone groups is 1. The molecule has 2 N–H and O–H groups in total. The van der Waals surface area contributed by atoms with E-state index in [2.05, 4.69) is 10.5 Å². The Balaban J connectivity index is 1.41. The zero-order valence-corrected chi connectivity index (χ0v) is 15.1. The number of ether oxygens (including phenoxy) is 2. The van der Waals surface area contributed by atoms with E-state index in [1.54, 1.807) is 42.5 Å². The molecular formula is C22H20N2O4. The molecule has 0 spiro atoms. The highest BCUT2D eigenvalue weighted by Crippen LogP contribution is 2.18. The molecule has 0 bridgehead atoms. The topological polar surface area (TPSA) is 80.2 Å². The highest BCUT2D eigenvalue weighted by Gasteiger charge is 2.02. The molecule has 0 heterocycles. The summed E-state index contributed by atoms with van der Waals surface area (Å²) in [4.78, 5) is 11.8. The smallest absolute Gasteiger partial charge is 0.277 e. The van der Waals surface area contributed by atoms with Crippen molar-refractivity contribution in [3.63, 3.8) is 0 Å². The Labute approximate surface area is 163 Å². The van der Waals surface area contributed by atoms with Crippen molar-refractivity contribution in [2.24, 2.45) is 5.10 Å². The van der Waals surface area contributed by atoms with Crippen molar-refractivity contribution < 1.29 is 19.4 Å². The van der Waals surface area contributed by atoms with Gasteiger partial charge in [-0.3, -0.25) is 4.79 Å². The number of aromatic hydroxyl groups is 1. The summed E-state index contributed by atoms with van der Waals surface area (Å²) in [6.07, 6.45) is 1.44. The first-order valence-corrected chi connectivity index (χ1v) is 8.69. The van der Waals surface area contributed by atoms with Crippen LogP contribution in [-0.2, 0) is 11.4 Å². The number of rotatable bonds is 8. The van der Waals surface area contributed by atoms with E-state index in [1.807, 2.05) is 30.3 Å². The second kappa shape index (κ2) is 9.78. The average molecular weight is 376 g/mol. The third-order valence-corrected chi connectivity index (χ3v) is 3.72. The summed E-state index contributed by atoms with van der Waals surface area (Å²) in [6.45, 7) is 0.322. The molecule has 0 saturated carbocycles. The average Bonchev–Trinajstić information content (AvgIpc) is 2.72. The van der Waals surface area contributed by atoms with Gasteiger partial charge in [-0.2, -0.15) is 5.10 Å². The van der Waals surface area contributed by atoms with E-state index in [1.165, 1.54) is 12.3 Å². The predicted octanol–water partition coefficient (Wildman–Crippen LogP) is 3.50. The first-order valence-electron chi connectivity index (χ1n) is 8.69. The third-order valence-electron chi connectivity index (χ3n) is 3.72. The van der Waals surface area contributed by atoms with Crippen LogP contribution in [0.15, 0.2) is 84.0 Å². The Bertz CT molecular complexity index is 925. The second-order valence-corrected chi connectivity index (χ2v) is 5.92. The fraction of sp³-hybridized carbons (Fsp3) is 0.0909. The first-order chi connectivity index (χ1) is 13.7. The van der Waals surface area contributed by atoms with E-state index in [0.29, 0.717) is 17.9 Å². The van der Waals surface area contributed by atoms with Crippen LogP contribution in [0.3, 0.4) is 0 Å². The standard InChI is InChI=1S/C22H20N2O4/c25-19-8-4-7-18(13-19)14-23-24-22(26)16-28-21-11-9-20(10-12-21)27-15-17-5-2-1-3-6-17/h1-14,25H,15-16H2,(H,24,26)/b23-14+. The molecule has 6 heteroatoms. The van der Waals surface area contributed by atoms with E-state index in [9.17, 15) is 9.90 Å².